The van der Waals surface area contributed by atoms with Gasteiger partial charge in [0.05, 0.1) is 22.3 Å². The lowest BCUT2D eigenvalue weighted by Gasteiger charge is -2.18. The summed E-state index contributed by atoms with van der Waals surface area (Å²) in [6.45, 7) is 4.35. The van der Waals surface area contributed by atoms with Crippen molar-refractivity contribution in [3.63, 3.8) is 0 Å². The highest BCUT2D eigenvalue weighted by Crippen LogP contribution is 2.23. The summed E-state index contributed by atoms with van der Waals surface area (Å²) in [5, 5.41) is 10.9. The van der Waals surface area contributed by atoms with Crippen molar-refractivity contribution in [1.82, 2.24) is 0 Å². The Hall–Kier alpha value is -0.280. The number of halogens is 2. The molecule has 1 aromatic rings. The Morgan fingerprint density at radius 1 is 1.31 bits per heavy atom. The van der Waals surface area contributed by atoms with E-state index in [4.69, 9.17) is 27.9 Å². The van der Waals surface area contributed by atoms with Crippen molar-refractivity contribution in [3.05, 3.63) is 33.8 Å². The van der Waals surface area contributed by atoms with E-state index in [1.165, 1.54) is 0 Å². The van der Waals surface area contributed by atoms with Gasteiger partial charge in [-0.15, -0.1) is 0 Å². The standard InChI is InChI=1S/C12H16Cl2O2/c1-3-16-8(2)12(15)7-9-4-5-10(13)11(14)6-9/h4-6,8,12,15H,3,7H2,1-2H3. The van der Waals surface area contributed by atoms with Crippen molar-refractivity contribution in [2.24, 2.45) is 0 Å². The molecule has 0 aliphatic rings. The minimum absolute atomic E-state index is 0.181. The summed E-state index contributed by atoms with van der Waals surface area (Å²) in [5.41, 5.74) is 0.952. The molecule has 1 aromatic carbocycles. The third kappa shape index (κ3) is 3.95. The van der Waals surface area contributed by atoms with E-state index in [0.717, 1.165) is 5.56 Å². The molecule has 0 aliphatic carbocycles. The Morgan fingerprint density at radius 2 is 2.00 bits per heavy atom. The Morgan fingerprint density at radius 3 is 2.56 bits per heavy atom. The predicted molar refractivity (Wildman–Crippen MR) is 67.3 cm³/mol. The highest BCUT2D eigenvalue weighted by molar-refractivity contribution is 6.42. The maximum atomic E-state index is 9.86. The SMILES string of the molecule is CCOC(C)C(O)Cc1ccc(Cl)c(Cl)c1. The molecule has 2 unspecified atom stereocenters. The van der Waals surface area contributed by atoms with E-state index in [1.807, 2.05) is 19.9 Å². The zero-order valence-electron chi connectivity index (χ0n) is 9.41. The van der Waals surface area contributed by atoms with Crippen molar-refractivity contribution in [1.29, 1.82) is 0 Å². The Bertz CT molecular complexity index is 342. The average molecular weight is 263 g/mol. The molecule has 1 rings (SSSR count). The average Bonchev–Trinajstić information content (AvgIpc) is 2.24. The van der Waals surface area contributed by atoms with Crippen LogP contribution in [-0.2, 0) is 11.2 Å². The molecule has 0 spiro atoms. The molecule has 0 heterocycles. The molecule has 4 heteroatoms. The fourth-order valence-electron chi connectivity index (χ4n) is 1.45. The summed E-state index contributed by atoms with van der Waals surface area (Å²) in [7, 11) is 0. The van der Waals surface area contributed by atoms with Gasteiger partial charge in [-0.05, 0) is 31.5 Å². The Labute approximate surface area is 106 Å². The molecule has 0 radical (unpaired) electrons. The molecule has 0 saturated carbocycles. The molecule has 16 heavy (non-hydrogen) atoms. The highest BCUT2D eigenvalue weighted by Gasteiger charge is 2.15. The zero-order chi connectivity index (χ0) is 12.1. The van der Waals surface area contributed by atoms with Crippen LogP contribution in [0.2, 0.25) is 10.0 Å². The Kier molecular flexibility index (Phi) is 5.56. The van der Waals surface area contributed by atoms with Crippen LogP contribution in [0, 0.1) is 0 Å². The third-order valence-corrected chi connectivity index (χ3v) is 3.14. The molecule has 0 bridgehead atoms. The monoisotopic (exact) mass is 262 g/mol. The minimum atomic E-state index is -0.530. The van der Waals surface area contributed by atoms with Gasteiger partial charge in [0.25, 0.3) is 0 Å². The van der Waals surface area contributed by atoms with Crippen LogP contribution in [0.5, 0.6) is 0 Å². The van der Waals surface area contributed by atoms with Crippen molar-refractivity contribution >= 4 is 23.2 Å². The van der Waals surface area contributed by atoms with Crippen molar-refractivity contribution in [3.8, 4) is 0 Å². The first-order chi connectivity index (χ1) is 7.54. The smallest absolute Gasteiger partial charge is 0.0839 e. The van der Waals surface area contributed by atoms with Gasteiger partial charge in [0.1, 0.15) is 0 Å². The molecule has 0 saturated heterocycles. The molecule has 2 atom stereocenters. The fraction of sp³-hybridized carbons (Fsp3) is 0.500. The second-order valence-corrected chi connectivity index (χ2v) is 4.49. The summed E-state index contributed by atoms with van der Waals surface area (Å²) < 4.78 is 5.32. The van der Waals surface area contributed by atoms with Crippen molar-refractivity contribution in [2.75, 3.05) is 6.61 Å². The predicted octanol–water partition coefficient (Wildman–Crippen LogP) is 3.32. The van der Waals surface area contributed by atoms with E-state index >= 15 is 0 Å². The van der Waals surface area contributed by atoms with E-state index in [9.17, 15) is 5.11 Å². The van der Waals surface area contributed by atoms with Crippen molar-refractivity contribution < 1.29 is 9.84 Å². The molecular weight excluding hydrogens is 247 g/mol. The number of aliphatic hydroxyl groups excluding tert-OH is 1. The van der Waals surface area contributed by atoms with E-state index in [0.29, 0.717) is 23.1 Å². The van der Waals surface area contributed by atoms with E-state index in [2.05, 4.69) is 0 Å². The van der Waals surface area contributed by atoms with Crippen LogP contribution < -0.4 is 0 Å². The summed E-state index contributed by atoms with van der Waals surface area (Å²) in [4.78, 5) is 0. The van der Waals surface area contributed by atoms with Gasteiger partial charge < -0.3 is 9.84 Å². The van der Waals surface area contributed by atoms with Gasteiger partial charge in [0, 0.05) is 13.0 Å². The topological polar surface area (TPSA) is 29.5 Å². The first-order valence-electron chi connectivity index (χ1n) is 5.28. The molecule has 1 N–H and O–H groups in total. The summed E-state index contributed by atoms with van der Waals surface area (Å²) in [6, 6.07) is 5.36. The largest absolute Gasteiger partial charge is 0.390 e. The first kappa shape index (κ1) is 13.8. The Balaban J connectivity index is 2.62. The zero-order valence-corrected chi connectivity index (χ0v) is 10.9. The second-order valence-electron chi connectivity index (χ2n) is 3.68. The van der Waals surface area contributed by atoms with Gasteiger partial charge in [-0.3, -0.25) is 0 Å². The van der Waals surface area contributed by atoms with Crippen LogP contribution in [0.15, 0.2) is 18.2 Å². The fourth-order valence-corrected chi connectivity index (χ4v) is 1.77. The lowest BCUT2D eigenvalue weighted by atomic mass is 10.0. The van der Waals surface area contributed by atoms with Crippen LogP contribution in [0.3, 0.4) is 0 Å². The van der Waals surface area contributed by atoms with E-state index < -0.39 is 6.10 Å². The minimum Gasteiger partial charge on any atom is -0.390 e. The third-order valence-electron chi connectivity index (χ3n) is 2.40. The first-order valence-corrected chi connectivity index (χ1v) is 6.03. The molecule has 0 aromatic heterocycles. The number of aliphatic hydroxyl groups is 1. The van der Waals surface area contributed by atoms with Crippen LogP contribution >= 0.6 is 23.2 Å². The second kappa shape index (κ2) is 6.45. The number of benzene rings is 1. The summed E-state index contributed by atoms with van der Waals surface area (Å²) in [5.74, 6) is 0. The number of ether oxygens (including phenoxy) is 1. The summed E-state index contributed by atoms with van der Waals surface area (Å²) >= 11 is 11.7. The van der Waals surface area contributed by atoms with Gasteiger partial charge in [-0.25, -0.2) is 0 Å². The number of rotatable bonds is 5. The van der Waals surface area contributed by atoms with Crippen LogP contribution in [0.1, 0.15) is 19.4 Å². The number of hydrogen-bond acceptors (Lipinski definition) is 2. The van der Waals surface area contributed by atoms with Gasteiger partial charge >= 0.3 is 0 Å². The van der Waals surface area contributed by atoms with E-state index in [-0.39, 0.29) is 6.10 Å². The van der Waals surface area contributed by atoms with Crippen LogP contribution in [-0.4, -0.2) is 23.9 Å². The molecule has 0 fully saturated rings. The molecule has 2 nitrogen and oxygen atoms in total. The lowest BCUT2D eigenvalue weighted by Crippen LogP contribution is -2.28. The molecule has 90 valence electrons. The molecule has 0 aliphatic heterocycles. The lowest BCUT2D eigenvalue weighted by molar-refractivity contribution is -0.0208. The molecule has 0 amide bonds. The maximum absolute atomic E-state index is 9.86. The normalized spacial score (nSPS) is 14.8. The van der Waals surface area contributed by atoms with Gasteiger partial charge in [-0.2, -0.15) is 0 Å². The van der Waals surface area contributed by atoms with E-state index in [1.54, 1.807) is 12.1 Å². The van der Waals surface area contributed by atoms with Crippen LogP contribution in [0.4, 0.5) is 0 Å². The molecular formula is C12H16Cl2O2. The van der Waals surface area contributed by atoms with Gasteiger partial charge in [0.15, 0.2) is 0 Å². The number of hydrogen-bond donors (Lipinski definition) is 1. The van der Waals surface area contributed by atoms with Gasteiger partial charge in [0.2, 0.25) is 0 Å². The highest BCUT2D eigenvalue weighted by atomic mass is 35.5. The maximum Gasteiger partial charge on any atom is 0.0839 e. The summed E-state index contributed by atoms with van der Waals surface area (Å²) in [6.07, 6.45) is -0.199. The van der Waals surface area contributed by atoms with Crippen molar-refractivity contribution in [2.45, 2.75) is 32.5 Å². The quantitative estimate of drug-likeness (QED) is 0.883. The van der Waals surface area contributed by atoms with Gasteiger partial charge in [-0.1, -0.05) is 29.3 Å². The van der Waals surface area contributed by atoms with Crippen LogP contribution in [0.25, 0.3) is 0 Å².